The summed E-state index contributed by atoms with van der Waals surface area (Å²) >= 11 is 0. The maximum absolute atomic E-state index is 11.3. The Morgan fingerprint density at radius 3 is 2.74 bits per heavy atom. The number of aromatic carboxylic acids is 1. The second-order valence-corrected chi connectivity index (χ2v) is 5.35. The Morgan fingerprint density at radius 2 is 2.05 bits per heavy atom. The van der Waals surface area contributed by atoms with Crippen LogP contribution >= 0.6 is 0 Å². The molecule has 4 nitrogen and oxygen atoms in total. The molecule has 3 rings (SSSR count). The molecule has 0 unspecified atom stereocenters. The summed E-state index contributed by atoms with van der Waals surface area (Å²) in [6.45, 7) is 2.01. The van der Waals surface area contributed by atoms with E-state index in [1.807, 2.05) is 29.5 Å². The maximum atomic E-state index is 11.3. The number of nitrogens with zero attached hydrogens (tertiary/aromatic N) is 2. The minimum atomic E-state index is -0.940. The molecule has 2 heterocycles. The van der Waals surface area contributed by atoms with Gasteiger partial charge in [-0.2, -0.15) is 0 Å². The van der Waals surface area contributed by atoms with E-state index in [0.29, 0.717) is 11.4 Å². The summed E-state index contributed by atoms with van der Waals surface area (Å²) < 4.78 is 2.03. The first kappa shape index (κ1) is 12.2. The SMILES string of the molecule is Cc1cccc2c(C(=O)O)nc(C3CCCCC3)n12. The van der Waals surface area contributed by atoms with Gasteiger partial charge in [0.05, 0.1) is 5.52 Å². The molecule has 0 saturated heterocycles. The van der Waals surface area contributed by atoms with Crippen molar-refractivity contribution < 1.29 is 9.90 Å². The third-order valence-electron chi connectivity index (χ3n) is 4.06. The Hall–Kier alpha value is -1.84. The van der Waals surface area contributed by atoms with E-state index in [1.54, 1.807) is 0 Å². The lowest BCUT2D eigenvalue weighted by Crippen LogP contribution is -2.09. The fourth-order valence-corrected chi connectivity index (χ4v) is 3.12. The molecule has 0 radical (unpaired) electrons. The molecular formula is C15H18N2O2. The van der Waals surface area contributed by atoms with E-state index in [1.165, 1.54) is 19.3 Å². The Labute approximate surface area is 112 Å². The van der Waals surface area contributed by atoms with Crippen molar-refractivity contribution in [1.82, 2.24) is 9.38 Å². The van der Waals surface area contributed by atoms with Gasteiger partial charge in [-0.15, -0.1) is 0 Å². The highest BCUT2D eigenvalue weighted by Gasteiger charge is 2.24. The van der Waals surface area contributed by atoms with Crippen LogP contribution in [0.3, 0.4) is 0 Å². The molecule has 0 aromatic carbocycles. The predicted octanol–water partition coefficient (Wildman–Crippen LogP) is 3.39. The van der Waals surface area contributed by atoms with E-state index in [-0.39, 0.29) is 5.69 Å². The van der Waals surface area contributed by atoms with Gasteiger partial charge in [0.1, 0.15) is 5.82 Å². The Morgan fingerprint density at radius 1 is 1.32 bits per heavy atom. The van der Waals surface area contributed by atoms with Gasteiger partial charge in [-0.25, -0.2) is 9.78 Å². The minimum Gasteiger partial charge on any atom is -0.476 e. The first-order chi connectivity index (χ1) is 9.18. The van der Waals surface area contributed by atoms with Gasteiger partial charge >= 0.3 is 5.97 Å². The van der Waals surface area contributed by atoms with Crippen LogP contribution < -0.4 is 0 Å². The van der Waals surface area contributed by atoms with Crippen molar-refractivity contribution in [1.29, 1.82) is 0 Å². The van der Waals surface area contributed by atoms with Crippen molar-refractivity contribution in [3.63, 3.8) is 0 Å². The topological polar surface area (TPSA) is 54.6 Å². The van der Waals surface area contributed by atoms with Crippen molar-refractivity contribution in [2.24, 2.45) is 0 Å². The molecule has 1 fully saturated rings. The van der Waals surface area contributed by atoms with Gasteiger partial charge in [0, 0.05) is 11.6 Å². The zero-order valence-electron chi connectivity index (χ0n) is 11.1. The molecule has 1 N–H and O–H groups in total. The molecule has 2 aromatic rings. The number of hydrogen-bond donors (Lipinski definition) is 1. The summed E-state index contributed by atoms with van der Waals surface area (Å²) in [5.74, 6) is 0.394. The quantitative estimate of drug-likeness (QED) is 0.898. The minimum absolute atomic E-state index is 0.185. The number of pyridine rings is 1. The van der Waals surface area contributed by atoms with Gasteiger partial charge in [0.25, 0.3) is 0 Å². The molecule has 0 atom stereocenters. The number of carbonyl (C=O) groups is 1. The molecule has 0 spiro atoms. The molecule has 1 saturated carbocycles. The normalized spacial score (nSPS) is 16.9. The Kier molecular flexibility index (Phi) is 3.01. The number of carboxylic acid groups (broad SMARTS) is 1. The molecule has 0 aliphatic heterocycles. The zero-order valence-corrected chi connectivity index (χ0v) is 11.1. The van der Waals surface area contributed by atoms with Gasteiger partial charge in [-0.3, -0.25) is 4.40 Å². The van der Waals surface area contributed by atoms with Crippen molar-refractivity contribution >= 4 is 11.5 Å². The first-order valence-electron chi connectivity index (χ1n) is 6.89. The van der Waals surface area contributed by atoms with Crippen molar-refractivity contribution in [3.05, 3.63) is 35.4 Å². The lowest BCUT2D eigenvalue weighted by molar-refractivity contribution is 0.0693. The first-order valence-corrected chi connectivity index (χ1v) is 6.89. The average molecular weight is 258 g/mol. The Bertz CT molecular complexity index is 624. The lowest BCUT2D eigenvalue weighted by atomic mass is 9.88. The van der Waals surface area contributed by atoms with Crippen LogP contribution in [0.4, 0.5) is 0 Å². The molecule has 2 aromatic heterocycles. The van der Waals surface area contributed by atoms with Gasteiger partial charge in [-0.1, -0.05) is 25.3 Å². The second kappa shape index (κ2) is 4.68. The number of fused-ring (bicyclic) bond motifs is 1. The number of aryl methyl sites for hydroxylation is 1. The summed E-state index contributed by atoms with van der Waals surface area (Å²) in [5, 5.41) is 9.31. The fraction of sp³-hybridized carbons (Fsp3) is 0.467. The van der Waals surface area contributed by atoms with Gasteiger partial charge in [-0.05, 0) is 31.9 Å². The Balaban J connectivity index is 2.20. The van der Waals surface area contributed by atoms with Crippen LogP contribution in [0.5, 0.6) is 0 Å². The molecule has 19 heavy (non-hydrogen) atoms. The zero-order chi connectivity index (χ0) is 13.4. The number of carboxylic acids is 1. The van der Waals surface area contributed by atoms with Gasteiger partial charge in [0.15, 0.2) is 5.69 Å². The number of imidazole rings is 1. The van der Waals surface area contributed by atoms with E-state index < -0.39 is 5.97 Å². The fourth-order valence-electron chi connectivity index (χ4n) is 3.12. The molecule has 0 bridgehead atoms. The average Bonchev–Trinajstić information content (AvgIpc) is 2.81. The van der Waals surface area contributed by atoms with Crippen LogP contribution in [-0.2, 0) is 0 Å². The summed E-state index contributed by atoms with van der Waals surface area (Å²) in [6.07, 6.45) is 5.95. The van der Waals surface area contributed by atoms with Crippen LogP contribution in [0.1, 0.15) is 60.0 Å². The number of hydrogen-bond acceptors (Lipinski definition) is 2. The van der Waals surface area contributed by atoms with Crippen LogP contribution in [-0.4, -0.2) is 20.5 Å². The highest BCUT2D eigenvalue weighted by molar-refractivity contribution is 5.93. The van der Waals surface area contributed by atoms with E-state index in [4.69, 9.17) is 0 Å². The maximum Gasteiger partial charge on any atom is 0.356 e. The van der Waals surface area contributed by atoms with E-state index >= 15 is 0 Å². The molecular weight excluding hydrogens is 240 g/mol. The molecule has 100 valence electrons. The summed E-state index contributed by atoms with van der Waals surface area (Å²) in [5.41, 5.74) is 1.95. The third-order valence-corrected chi connectivity index (χ3v) is 4.06. The third kappa shape index (κ3) is 2.01. The smallest absolute Gasteiger partial charge is 0.356 e. The van der Waals surface area contributed by atoms with Crippen molar-refractivity contribution in [2.75, 3.05) is 0 Å². The van der Waals surface area contributed by atoms with E-state index in [2.05, 4.69) is 4.98 Å². The van der Waals surface area contributed by atoms with Crippen LogP contribution in [0, 0.1) is 6.92 Å². The number of rotatable bonds is 2. The summed E-state index contributed by atoms with van der Waals surface area (Å²) in [4.78, 5) is 15.8. The van der Waals surface area contributed by atoms with Crippen molar-refractivity contribution in [2.45, 2.75) is 44.9 Å². The second-order valence-electron chi connectivity index (χ2n) is 5.35. The van der Waals surface area contributed by atoms with Crippen LogP contribution in [0.15, 0.2) is 18.2 Å². The summed E-state index contributed by atoms with van der Waals surface area (Å²) in [6, 6.07) is 5.74. The largest absolute Gasteiger partial charge is 0.476 e. The van der Waals surface area contributed by atoms with Crippen LogP contribution in [0.2, 0.25) is 0 Å². The summed E-state index contributed by atoms with van der Waals surface area (Å²) in [7, 11) is 0. The van der Waals surface area contributed by atoms with Gasteiger partial charge in [0.2, 0.25) is 0 Å². The monoisotopic (exact) mass is 258 g/mol. The van der Waals surface area contributed by atoms with Crippen molar-refractivity contribution in [3.8, 4) is 0 Å². The van der Waals surface area contributed by atoms with Gasteiger partial charge < -0.3 is 5.11 Å². The molecule has 1 aliphatic rings. The predicted molar refractivity (Wildman–Crippen MR) is 72.7 cm³/mol. The number of aromatic nitrogens is 2. The van der Waals surface area contributed by atoms with Crippen LogP contribution in [0.25, 0.3) is 5.52 Å². The molecule has 4 heteroatoms. The molecule has 1 aliphatic carbocycles. The standard InChI is InChI=1S/C15H18N2O2/c1-10-6-5-9-12-13(15(18)19)16-14(17(10)12)11-7-3-2-4-8-11/h5-6,9,11H,2-4,7-8H2,1H3,(H,18,19). The highest BCUT2D eigenvalue weighted by Crippen LogP contribution is 2.33. The molecule has 0 amide bonds. The van der Waals surface area contributed by atoms with E-state index in [0.717, 1.165) is 24.4 Å². The highest BCUT2D eigenvalue weighted by atomic mass is 16.4. The lowest BCUT2D eigenvalue weighted by Gasteiger charge is -2.21. The van der Waals surface area contributed by atoms with E-state index in [9.17, 15) is 9.90 Å².